The summed E-state index contributed by atoms with van der Waals surface area (Å²) in [5.74, 6) is -0.390. The molecule has 2 N–H and O–H groups in total. The Kier molecular flexibility index (Phi) is 5.88. The summed E-state index contributed by atoms with van der Waals surface area (Å²) >= 11 is 10.3. The number of amides is 1. The lowest BCUT2D eigenvalue weighted by molar-refractivity contribution is -0.114. The van der Waals surface area contributed by atoms with Gasteiger partial charge in [-0.15, -0.1) is 12.6 Å². The monoisotopic (exact) mass is 399 g/mol. The van der Waals surface area contributed by atoms with Crippen molar-refractivity contribution in [1.29, 1.82) is 0 Å². The molecule has 0 spiro atoms. The van der Waals surface area contributed by atoms with Crippen LogP contribution in [0.5, 0.6) is 0 Å². The number of fused-ring (bicyclic) bond motifs is 1. The summed E-state index contributed by atoms with van der Waals surface area (Å²) in [6.07, 6.45) is 5.00. The molecule has 0 bridgehead atoms. The maximum Gasteiger partial charge on any atom is 0.258 e. The number of carbonyl (C=O) groups excluding carboxylic acids is 1. The molecule has 1 aromatic heterocycles. The fraction of sp³-hybridized carbons (Fsp3) is 0.100. The maximum atomic E-state index is 11.6. The summed E-state index contributed by atoms with van der Waals surface area (Å²) in [5.41, 5.74) is 9.11. The first-order valence-corrected chi connectivity index (χ1v) is 8.99. The molecule has 1 heterocycles. The van der Waals surface area contributed by atoms with Crippen molar-refractivity contribution < 1.29 is 9.53 Å². The van der Waals surface area contributed by atoms with Crippen molar-refractivity contribution in [1.82, 2.24) is 9.55 Å². The van der Waals surface area contributed by atoms with E-state index in [0.717, 1.165) is 22.2 Å². The van der Waals surface area contributed by atoms with Crippen molar-refractivity contribution in [2.24, 2.45) is 5.73 Å². The zero-order valence-electron chi connectivity index (χ0n) is 14.6. The second-order valence-corrected chi connectivity index (χ2v) is 6.78. The fourth-order valence-electron chi connectivity index (χ4n) is 2.51. The number of nitrogens with two attached hydrogens (primary N) is 1. The average Bonchev–Trinajstić information content (AvgIpc) is 3.04. The zero-order valence-corrected chi connectivity index (χ0v) is 16.2. The van der Waals surface area contributed by atoms with Crippen molar-refractivity contribution in [2.45, 2.75) is 13.5 Å². The SMILES string of the molecule is Cc1ccccc1COC(/C=C/n1cnc2ccc(Cl)cc21)=C(/S)C(N)=O. The smallest absolute Gasteiger partial charge is 0.258 e. The normalized spacial score (nSPS) is 12.4. The fourth-order valence-corrected chi connectivity index (χ4v) is 2.82. The van der Waals surface area contributed by atoms with Gasteiger partial charge in [-0.3, -0.25) is 4.79 Å². The third-order valence-electron chi connectivity index (χ3n) is 4.03. The Morgan fingerprint density at radius 2 is 2.11 bits per heavy atom. The first-order valence-electron chi connectivity index (χ1n) is 8.16. The van der Waals surface area contributed by atoms with Crippen LogP contribution in [0, 0.1) is 6.92 Å². The van der Waals surface area contributed by atoms with Gasteiger partial charge in [0.15, 0.2) is 0 Å². The molecule has 3 rings (SSSR count). The maximum absolute atomic E-state index is 11.6. The van der Waals surface area contributed by atoms with Crippen molar-refractivity contribution in [2.75, 3.05) is 0 Å². The molecule has 138 valence electrons. The molecule has 0 unspecified atom stereocenters. The minimum absolute atomic E-state index is 0.0438. The van der Waals surface area contributed by atoms with Crippen LogP contribution < -0.4 is 5.73 Å². The number of nitrogens with zero attached hydrogens (tertiary/aromatic N) is 2. The Bertz CT molecular complexity index is 1060. The van der Waals surface area contributed by atoms with Gasteiger partial charge in [0.05, 0.1) is 17.4 Å². The van der Waals surface area contributed by atoms with Gasteiger partial charge in [-0.1, -0.05) is 35.9 Å². The number of benzene rings is 2. The highest BCUT2D eigenvalue weighted by molar-refractivity contribution is 7.85. The lowest BCUT2D eigenvalue weighted by atomic mass is 10.1. The van der Waals surface area contributed by atoms with E-state index in [1.54, 1.807) is 29.2 Å². The van der Waals surface area contributed by atoms with Gasteiger partial charge in [0.2, 0.25) is 0 Å². The van der Waals surface area contributed by atoms with Crippen LogP contribution in [0.1, 0.15) is 11.1 Å². The summed E-state index contributed by atoms with van der Waals surface area (Å²) in [6.45, 7) is 2.29. The molecule has 0 aliphatic carbocycles. The minimum atomic E-state index is -0.665. The van der Waals surface area contributed by atoms with Crippen LogP contribution in [0.3, 0.4) is 0 Å². The Balaban J connectivity index is 1.88. The van der Waals surface area contributed by atoms with E-state index in [1.807, 2.05) is 43.3 Å². The predicted molar refractivity (Wildman–Crippen MR) is 111 cm³/mol. The van der Waals surface area contributed by atoms with Crippen LogP contribution in [-0.4, -0.2) is 15.5 Å². The molecule has 0 aliphatic heterocycles. The summed E-state index contributed by atoms with van der Waals surface area (Å²) in [7, 11) is 0. The Hall–Kier alpha value is -2.70. The number of halogens is 1. The standard InChI is InChI=1S/C20H18ClN3O2S/c1-13-4-2-3-5-14(13)11-26-18(19(27)20(22)25)8-9-24-12-23-16-7-6-15(21)10-17(16)24/h2-10,12,27H,11H2,1H3,(H2,22,25)/b9-8+,19-18+. The molecule has 0 aliphatic rings. The third kappa shape index (κ3) is 4.53. The number of rotatable bonds is 6. The van der Waals surface area contributed by atoms with E-state index in [1.165, 1.54) is 0 Å². The van der Waals surface area contributed by atoms with Crippen LogP contribution in [0.4, 0.5) is 0 Å². The highest BCUT2D eigenvalue weighted by atomic mass is 35.5. The second kappa shape index (κ2) is 8.33. The topological polar surface area (TPSA) is 70.1 Å². The van der Waals surface area contributed by atoms with Crippen LogP contribution in [0.25, 0.3) is 17.2 Å². The van der Waals surface area contributed by atoms with Crippen LogP contribution >= 0.6 is 24.2 Å². The lowest BCUT2D eigenvalue weighted by Crippen LogP contribution is -2.13. The molecule has 0 atom stereocenters. The van der Waals surface area contributed by atoms with E-state index in [-0.39, 0.29) is 10.7 Å². The number of ether oxygens (including phenoxy) is 1. The van der Waals surface area contributed by atoms with Gasteiger partial charge in [-0.25, -0.2) is 4.98 Å². The number of hydrogen-bond acceptors (Lipinski definition) is 4. The second-order valence-electron chi connectivity index (χ2n) is 5.89. The molecule has 3 aromatic rings. The predicted octanol–water partition coefficient (Wildman–Crippen LogP) is 4.31. The van der Waals surface area contributed by atoms with E-state index < -0.39 is 5.91 Å². The van der Waals surface area contributed by atoms with Gasteiger partial charge in [-0.2, -0.15) is 0 Å². The summed E-state index contributed by atoms with van der Waals surface area (Å²) in [5, 5.41) is 0.608. The Morgan fingerprint density at radius 1 is 1.33 bits per heavy atom. The number of carbonyl (C=O) groups is 1. The largest absolute Gasteiger partial charge is 0.487 e. The van der Waals surface area contributed by atoms with Crippen molar-refractivity contribution in [3.8, 4) is 0 Å². The lowest BCUT2D eigenvalue weighted by Gasteiger charge is -2.11. The summed E-state index contributed by atoms with van der Waals surface area (Å²) < 4.78 is 7.60. The van der Waals surface area contributed by atoms with Crippen molar-refractivity contribution >= 4 is 47.4 Å². The highest BCUT2D eigenvalue weighted by Gasteiger charge is 2.09. The van der Waals surface area contributed by atoms with E-state index in [2.05, 4.69) is 17.6 Å². The third-order valence-corrected chi connectivity index (χ3v) is 4.71. The molecule has 0 saturated heterocycles. The van der Waals surface area contributed by atoms with E-state index >= 15 is 0 Å². The van der Waals surface area contributed by atoms with E-state index in [9.17, 15) is 4.79 Å². The molecular formula is C20H18ClN3O2S. The number of allylic oxidation sites excluding steroid dienone is 1. The molecule has 7 heteroatoms. The van der Waals surface area contributed by atoms with E-state index in [0.29, 0.717) is 11.6 Å². The van der Waals surface area contributed by atoms with Crippen LogP contribution in [-0.2, 0) is 16.1 Å². The molecule has 27 heavy (non-hydrogen) atoms. The van der Waals surface area contributed by atoms with Gasteiger partial charge in [-0.05, 0) is 42.3 Å². The summed E-state index contributed by atoms with van der Waals surface area (Å²) in [6, 6.07) is 13.3. The number of aryl methyl sites for hydroxylation is 1. The number of primary amides is 1. The van der Waals surface area contributed by atoms with E-state index in [4.69, 9.17) is 22.1 Å². The molecule has 5 nitrogen and oxygen atoms in total. The number of hydrogen-bond donors (Lipinski definition) is 2. The molecule has 1 amide bonds. The van der Waals surface area contributed by atoms with Gasteiger partial charge in [0.25, 0.3) is 5.91 Å². The van der Waals surface area contributed by atoms with Gasteiger partial charge >= 0.3 is 0 Å². The summed E-state index contributed by atoms with van der Waals surface area (Å²) in [4.78, 5) is 15.9. The Morgan fingerprint density at radius 3 is 2.85 bits per heavy atom. The highest BCUT2D eigenvalue weighted by Crippen LogP contribution is 2.20. The number of imidazole rings is 1. The van der Waals surface area contributed by atoms with Gasteiger partial charge in [0.1, 0.15) is 17.3 Å². The quantitative estimate of drug-likeness (QED) is 0.281. The number of aromatic nitrogens is 2. The first kappa shape index (κ1) is 19.1. The average molecular weight is 400 g/mol. The molecule has 0 fully saturated rings. The van der Waals surface area contributed by atoms with Crippen molar-refractivity contribution in [3.63, 3.8) is 0 Å². The van der Waals surface area contributed by atoms with Crippen molar-refractivity contribution in [3.05, 3.63) is 81.7 Å². The Labute approximate surface area is 167 Å². The number of thiol groups is 1. The van der Waals surface area contributed by atoms with Crippen LogP contribution in [0.2, 0.25) is 5.02 Å². The molecular weight excluding hydrogens is 382 g/mol. The molecule has 2 aromatic carbocycles. The van der Waals surface area contributed by atoms with Gasteiger partial charge in [0, 0.05) is 11.2 Å². The van der Waals surface area contributed by atoms with Gasteiger partial charge < -0.3 is 15.0 Å². The first-order chi connectivity index (χ1) is 13.0. The molecule has 0 saturated carbocycles. The zero-order chi connectivity index (χ0) is 19.4. The molecule has 0 radical (unpaired) electrons. The van der Waals surface area contributed by atoms with Crippen LogP contribution in [0.15, 0.2) is 65.5 Å². The minimum Gasteiger partial charge on any atom is -0.487 e.